The minimum absolute atomic E-state index is 0.0127. The van der Waals surface area contributed by atoms with E-state index in [1.54, 1.807) is 6.07 Å². The molecule has 82 valence electrons. The number of halogens is 1. The third-order valence-corrected chi connectivity index (χ3v) is 2.55. The van der Waals surface area contributed by atoms with Gasteiger partial charge in [-0.1, -0.05) is 25.4 Å². The van der Waals surface area contributed by atoms with Gasteiger partial charge in [0.25, 0.3) is 0 Å². The maximum Gasteiger partial charge on any atom is 0.164 e. The molecule has 2 rings (SSSR count). The minimum Gasteiger partial charge on any atom is -0.506 e. The number of ether oxygens (including phenoxy) is 2. The normalized spacial score (nSPS) is 18.3. The number of hydrogen-bond donors (Lipinski definition) is 1. The van der Waals surface area contributed by atoms with Crippen LogP contribution >= 0.6 is 11.6 Å². The monoisotopic (exact) mass is 228 g/mol. The van der Waals surface area contributed by atoms with Crippen molar-refractivity contribution in [3.63, 3.8) is 0 Å². The Labute approximate surface area is 93.6 Å². The lowest BCUT2D eigenvalue weighted by Gasteiger charge is -2.19. The molecule has 0 atom stereocenters. The van der Waals surface area contributed by atoms with Crippen molar-refractivity contribution in [3.05, 3.63) is 17.2 Å². The molecule has 0 aliphatic carbocycles. The molecule has 0 unspecified atom stereocenters. The molecule has 1 aromatic carbocycles. The van der Waals surface area contributed by atoms with Crippen LogP contribution in [0.15, 0.2) is 12.1 Å². The van der Waals surface area contributed by atoms with Gasteiger partial charge in [-0.15, -0.1) is 0 Å². The van der Waals surface area contributed by atoms with Crippen LogP contribution in [0.2, 0.25) is 5.02 Å². The van der Waals surface area contributed by atoms with E-state index in [0.717, 1.165) is 0 Å². The molecule has 1 heterocycles. The molecular formula is C11H13ClO3. The van der Waals surface area contributed by atoms with Gasteiger partial charge in [0.15, 0.2) is 11.5 Å². The van der Waals surface area contributed by atoms with Gasteiger partial charge in [-0.25, -0.2) is 0 Å². The van der Waals surface area contributed by atoms with Crippen LogP contribution in [0, 0.1) is 5.41 Å². The first-order valence-corrected chi connectivity index (χ1v) is 5.14. The first kappa shape index (κ1) is 10.4. The Bertz CT molecular complexity index is 353. The quantitative estimate of drug-likeness (QED) is 0.742. The predicted molar refractivity (Wildman–Crippen MR) is 57.9 cm³/mol. The lowest BCUT2D eigenvalue weighted by molar-refractivity contribution is 0.140. The van der Waals surface area contributed by atoms with Gasteiger partial charge in [-0.3, -0.25) is 0 Å². The highest BCUT2D eigenvalue weighted by atomic mass is 35.5. The van der Waals surface area contributed by atoms with Crippen molar-refractivity contribution in [1.29, 1.82) is 0 Å². The van der Waals surface area contributed by atoms with Gasteiger partial charge in [0.05, 0.1) is 18.2 Å². The third-order valence-electron chi connectivity index (χ3n) is 2.25. The molecule has 4 heteroatoms. The zero-order chi connectivity index (χ0) is 11.1. The van der Waals surface area contributed by atoms with Crippen LogP contribution in [0.25, 0.3) is 0 Å². The topological polar surface area (TPSA) is 38.7 Å². The summed E-state index contributed by atoms with van der Waals surface area (Å²) in [5.41, 5.74) is -0.0406. The Kier molecular flexibility index (Phi) is 2.43. The molecule has 0 bridgehead atoms. The number of rotatable bonds is 0. The largest absolute Gasteiger partial charge is 0.506 e. The van der Waals surface area contributed by atoms with Crippen molar-refractivity contribution >= 4 is 11.6 Å². The maximum absolute atomic E-state index is 9.43. The van der Waals surface area contributed by atoms with Crippen LogP contribution in [0.1, 0.15) is 13.8 Å². The Morgan fingerprint density at radius 2 is 1.73 bits per heavy atom. The van der Waals surface area contributed by atoms with E-state index in [2.05, 4.69) is 13.8 Å². The fraction of sp³-hybridized carbons (Fsp3) is 0.455. The smallest absolute Gasteiger partial charge is 0.164 e. The highest BCUT2D eigenvalue weighted by Crippen LogP contribution is 2.40. The van der Waals surface area contributed by atoms with Gasteiger partial charge in [-0.05, 0) is 0 Å². The van der Waals surface area contributed by atoms with Gasteiger partial charge in [0.1, 0.15) is 5.75 Å². The van der Waals surface area contributed by atoms with Crippen molar-refractivity contribution in [2.45, 2.75) is 13.8 Å². The fourth-order valence-electron chi connectivity index (χ4n) is 1.34. The highest BCUT2D eigenvalue weighted by Gasteiger charge is 2.25. The van der Waals surface area contributed by atoms with E-state index in [1.807, 2.05) is 0 Å². The Morgan fingerprint density at radius 1 is 1.20 bits per heavy atom. The maximum atomic E-state index is 9.43. The average Bonchev–Trinajstić information content (AvgIpc) is 2.29. The number of phenolic OH excluding ortho intramolecular Hbond substituents is 1. The summed E-state index contributed by atoms with van der Waals surface area (Å²) in [4.78, 5) is 0. The number of benzene rings is 1. The molecule has 0 fully saturated rings. The van der Waals surface area contributed by atoms with Gasteiger partial charge in [-0.2, -0.15) is 0 Å². The molecule has 0 saturated carbocycles. The van der Waals surface area contributed by atoms with E-state index in [4.69, 9.17) is 21.1 Å². The van der Waals surface area contributed by atoms with Crippen LogP contribution in [0.5, 0.6) is 17.2 Å². The Balaban J connectivity index is 2.36. The molecule has 0 amide bonds. The summed E-state index contributed by atoms with van der Waals surface area (Å²) in [7, 11) is 0. The van der Waals surface area contributed by atoms with Crippen molar-refractivity contribution in [1.82, 2.24) is 0 Å². The summed E-state index contributed by atoms with van der Waals surface area (Å²) in [5.74, 6) is 1.14. The van der Waals surface area contributed by atoms with Crippen LogP contribution in [-0.4, -0.2) is 18.3 Å². The first-order valence-electron chi connectivity index (χ1n) is 4.76. The summed E-state index contributed by atoms with van der Waals surface area (Å²) >= 11 is 5.78. The second-order valence-corrected chi connectivity index (χ2v) is 4.90. The Morgan fingerprint density at radius 3 is 2.33 bits per heavy atom. The second kappa shape index (κ2) is 3.49. The summed E-state index contributed by atoms with van der Waals surface area (Å²) < 4.78 is 11.1. The molecule has 0 radical (unpaired) electrons. The first-order chi connectivity index (χ1) is 6.98. The van der Waals surface area contributed by atoms with E-state index < -0.39 is 0 Å². The zero-order valence-electron chi connectivity index (χ0n) is 8.71. The molecule has 15 heavy (non-hydrogen) atoms. The SMILES string of the molecule is CC1(C)COc2cc(O)c(Cl)cc2OC1. The number of aromatic hydroxyl groups is 1. The van der Waals surface area contributed by atoms with Crippen LogP contribution < -0.4 is 9.47 Å². The second-order valence-electron chi connectivity index (χ2n) is 4.49. The summed E-state index contributed by atoms with van der Waals surface area (Å²) in [6.07, 6.45) is 0. The van der Waals surface area contributed by atoms with Gasteiger partial charge >= 0.3 is 0 Å². The molecule has 1 aromatic rings. The average molecular weight is 229 g/mol. The van der Waals surface area contributed by atoms with E-state index in [9.17, 15) is 5.11 Å². The molecule has 1 aliphatic heterocycles. The minimum atomic E-state index is -0.0406. The Hall–Kier alpha value is -1.09. The van der Waals surface area contributed by atoms with Crippen molar-refractivity contribution < 1.29 is 14.6 Å². The summed E-state index contributed by atoms with van der Waals surface area (Å²) in [6, 6.07) is 3.06. The van der Waals surface area contributed by atoms with E-state index in [-0.39, 0.29) is 16.2 Å². The molecular weight excluding hydrogens is 216 g/mol. The molecule has 1 aliphatic rings. The molecule has 0 aromatic heterocycles. The van der Waals surface area contributed by atoms with Crippen molar-refractivity contribution in [2.24, 2.45) is 5.41 Å². The van der Waals surface area contributed by atoms with Gasteiger partial charge in [0.2, 0.25) is 0 Å². The molecule has 1 N–H and O–H groups in total. The van der Waals surface area contributed by atoms with Gasteiger partial charge < -0.3 is 14.6 Å². The summed E-state index contributed by atoms with van der Waals surface area (Å²) in [5, 5.41) is 9.70. The van der Waals surface area contributed by atoms with Crippen molar-refractivity contribution in [3.8, 4) is 17.2 Å². The van der Waals surface area contributed by atoms with E-state index >= 15 is 0 Å². The predicted octanol–water partition coefficient (Wildman–Crippen LogP) is 2.84. The zero-order valence-corrected chi connectivity index (χ0v) is 9.47. The van der Waals surface area contributed by atoms with E-state index in [0.29, 0.717) is 24.7 Å². The molecule has 0 spiro atoms. The van der Waals surface area contributed by atoms with Crippen LogP contribution in [0.4, 0.5) is 0 Å². The fourth-order valence-corrected chi connectivity index (χ4v) is 1.49. The van der Waals surface area contributed by atoms with Crippen LogP contribution in [-0.2, 0) is 0 Å². The third kappa shape index (κ3) is 2.12. The van der Waals surface area contributed by atoms with Gasteiger partial charge in [0, 0.05) is 17.5 Å². The van der Waals surface area contributed by atoms with Crippen LogP contribution in [0.3, 0.4) is 0 Å². The standard InChI is InChI=1S/C11H13ClO3/c1-11(2)5-14-9-3-7(12)8(13)4-10(9)15-6-11/h3-4,13H,5-6H2,1-2H3. The lowest BCUT2D eigenvalue weighted by Crippen LogP contribution is -2.26. The summed E-state index contributed by atoms with van der Waals surface area (Å²) in [6.45, 7) is 5.24. The van der Waals surface area contributed by atoms with E-state index in [1.165, 1.54) is 6.07 Å². The molecule has 0 saturated heterocycles. The number of phenols is 1. The number of hydrogen-bond acceptors (Lipinski definition) is 3. The highest BCUT2D eigenvalue weighted by molar-refractivity contribution is 6.32. The number of fused-ring (bicyclic) bond motifs is 1. The molecule has 3 nitrogen and oxygen atoms in total. The van der Waals surface area contributed by atoms with Crippen molar-refractivity contribution in [2.75, 3.05) is 13.2 Å². The lowest BCUT2D eigenvalue weighted by atomic mass is 9.97.